The second-order valence-corrected chi connectivity index (χ2v) is 13.5. The van der Waals surface area contributed by atoms with Crippen LogP contribution in [0, 0.1) is 0 Å². The van der Waals surface area contributed by atoms with Crippen LogP contribution in [0.4, 0.5) is 15.6 Å². The second kappa shape index (κ2) is 12.3. The highest BCUT2D eigenvalue weighted by Crippen LogP contribution is 2.35. The summed E-state index contributed by atoms with van der Waals surface area (Å²) in [6.07, 6.45) is 1.67. The van der Waals surface area contributed by atoms with Crippen molar-refractivity contribution in [3.05, 3.63) is 53.3 Å². The van der Waals surface area contributed by atoms with Gasteiger partial charge in [-0.1, -0.05) is 11.6 Å². The number of ether oxygens (including phenoxy) is 3. The van der Waals surface area contributed by atoms with E-state index in [1.165, 1.54) is 29.9 Å². The Kier molecular flexibility index (Phi) is 9.19. The number of rotatable bonds is 9. The van der Waals surface area contributed by atoms with Gasteiger partial charge in [-0.05, 0) is 57.5 Å². The zero-order valence-corrected chi connectivity index (χ0v) is 26.2. The third kappa shape index (κ3) is 6.96. The number of anilines is 2. The van der Waals surface area contributed by atoms with Crippen LogP contribution in [-0.2, 0) is 21.3 Å². The van der Waals surface area contributed by atoms with E-state index in [0.29, 0.717) is 35.8 Å². The Bertz CT molecular complexity index is 1480. The Morgan fingerprint density at radius 1 is 1.17 bits per heavy atom. The topological polar surface area (TPSA) is 114 Å². The Balaban J connectivity index is 1.58. The van der Waals surface area contributed by atoms with Gasteiger partial charge in [0.15, 0.2) is 0 Å². The highest BCUT2D eigenvalue weighted by molar-refractivity contribution is 7.93. The van der Waals surface area contributed by atoms with E-state index in [1.54, 1.807) is 36.3 Å². The molecule has 41 heavy (non-hydrogen) atoms. The Hall–Kier alpha value is -3.29. The number of hydrogen-bond acceptors (Lipinski definition) is 10. The molecule has 1 atom stereocenters. The molecule has 3 aromatic rings. The minimum Gasteiger partial charge on any atom is -0.497 e. The highest BCUT2D eigenvalue weighted by Gasteiger charge is 2.33. The minimum absolute atomic E-state index is 0.00383. The van der Waals surface area contributed by atoms with Crippen molar-refractivity contribution in [3.8, 4) is 11.5 Å². The Morgan fingerprint density at radius 3 is 2.54 bits per heavy atom. The zero-order valence-electron chi connectivity index (χ0n) is 23.8. The van der Waals surface area contributed by atoms with Crippen LogP contribution >= 0.6 is 23.1 Å². The largest absolute Gasteiger partial charge is 0.497 e. The van der Waals surface area contributed by atoms with Crippen molar-refractivity contribution < 1.29 is 27.4 Å². The number of nitrogens with zero attached hydrogens (tertiary/aromatic N) is 5. The molecular formula is C27H34ClN5O6S2. The van der Waals surface area contributed by atoms with Gasteiger partial charge in [-0.2, -0.15) is 4.37 Å². The number of carbonyl (C=O) groups excluding carboxylic acids is 1. The molecule has 1 fully saturated rings. The van der Waals surface area contributed by atoms with Crippen LogP contribution < -0.4 is 18.7 Å². The van der Waals surface area contributed by atoms with E-state index in [1.807, 2.05) is 32.7 Å². The normalized spacial score (nSPS) is 15.5. The molecule has 2 heterocycles. The summed E-state index contributed by atoms with van der Waals surface area (Å²) in [5, 5.41) is 0.469. The number of aromatic nitrogens is 2. The van der Waals surface area contributed by atoms with Gasteiger partial charge in [0.25, 0.3) is 10.0 Å². The van der Waals surface area contributed by atoms with E-state index in [0.717, 1.165) is 18.0 Å². The summed E-state index contributed by atoms with van der Waals surface area (Å²) in [7, 11) is 0.826. The molecule has 0 unspecified atom stereocenters. The molecule has 1 aliphatic rings. The fourth-order valence-corrected chi connectivity index (χ4v) is 7.01. The molecule has 0 N–H and O–H groups in total. The average molecular weight is 624 g/mol. The summed E-state index contributed by atoms with van der Waals surface area (Å²) in [6, 6.07) is 9.79. The second-order valence-electron chi connectivity index (χ2n) is 10.5. The van der Waals surface area contributed by atoms with Gasteiger partial charge in [0.05, 0.1) is 36.4 Å². The molecule has 0 spiro atoms. The molecular weight excluding hydrogens is 590 g/mol. The zero-order chi connectivity index (χ0) is 29.9. The van der Waals surface area contributed by atoms with Gasteiger partial charge in [-0.15, -0.1) is 0 Å². The minimum atomic E-state index is -4.10. The Morgan fingerprint density at radius 2 is 1.93 bits per heavy atom. The third-order valence-corrected chi connectivity index (χ3v) is 9.46. The standard InChI is InChI=1S/C27H34ClN5O6S2/c1-27(2,3)39-26(34)32-12-11-19(16-32)31(4)23-10-9-21(14-22(23)28)41(35,36)33(25-29-17-30-40-25)15-18-7-8-20(37-5)13-24(18)38-6/h7-10,13-14,17,19H,11-12,15-16H2,1-6H3/t19-/m0/s1. The van der Waals surface area contributed by atoms with Crippen LogP contribution in [0.3, 0.4) is 0 Å². The van der Waals surface area contributed by atoms with Crippen molar-refractivity contribution in [2.45, 2.75) is 50.3 Å². The summed E-state index contributed by atoms with van der Waals surface area (Å²) in [4.78, 5) is 20.3. The van der Waals surface area contributed by atoms with Gasteiger partial charge in [-0.25, -0.2) is 22.5 Å². The molecule has 14 heteroatoms. The monoisotopic (exact) mass is 623 g/mol. The maximum Gasteiger partial charge on any atom is 0.410 e. The van der Waals surface area contributed by atoms with Gasteiger partial charge in [-0.3, -0.25) is 0 Å². The van der Waals surface area contributed by atoms with Gasteiger partial charge in [0.2, 0.25) is 5.13 Å². The predicted octanol–water partition coefficient (Wildman–Crippen LogP) is 5.05. The first-order valence-electron chi connectivity index (χ1n) is 12.8. The number of hydrogen-bond donors (Lipinski definition) is 0. The van der Waals surface area contributed by atoms with E-state index in [-0.39, 0.29) is 33.7 Å². The van der Waals surface area contributed by atoms with Crippen LogP contribution in [0.2, 0.25) is 5.02 Å². The molecule has 2 aromatic carbocycles. The SMILES string of the molecule is COc1ccc(CN(c2ncns2)S(=O)(=O)c2ccc(N(C)[C@H]3CCN(C(=O)OC(C)(C)C)C3)c(Cl)c2)c(OC)c1. The van der Waals surface area contributed by atoms with Crippen molar-refractivity contribution in [2.75, 3.05) is 43.6 Å². The van der Waals surface area contributed by atoms with Gasteiger partial charge in [0.1, 0.15) is 23.4 Å². The molecule has 1 aromatic heterocycles. The number of halogens is 1. The molecule has 0 aliphatic carbocycles. The summed E-state index contributed by atoms with van der Waals surface area (Å²) in [5.74, 6) is 1.06. The lowest BCUT2D eigenvalue weighted by atomic mass is 10.2. The van der Waals surface area contributed by atoms with E-state index in [9.17, 15) is 13.2 Å². The molecule has 0 radical (unpaired) electrons. The van der Waals surface area contributed by atoms with Crippen molar-refractivity contribution in [1.82, 2.24) is 14.3 Å². The van der Waals surface area contributed by atoms with E-state index < -0.39 is 15.6 Å². The smallest absolute Gasteiger partial charge is 0.410 e. The molecule has 1 aliphatic heterocycles. The first kappa shape index (κ1) is 30.7. The maximum atomic E-state index is 13.9. The highest BCUT2D eigenvalue weighted by atomic mass is 35.5. The Labute approximate surface area is 249 Å². The van der Waals surface area contributed by atoms with Crippen LogP contribution in [0.5, 0.6) is 11.5 Å². The van der Waals surface area contributed by atoms with Crippen LogP contribution in [-0.4, -0.2) is 74.8 Å². The lowest BCUT2D eigenvalue weighted by molar-refractivity contribution is 0.0292. The van der Waals surface area contributed by atoms with Crippen LogP contribution in [0.15, 0.2) is 47.6 Å². The maximum absolute atomic E-state index is 13.9. The molecule has 222 valence electrons. The van der Waals surface area contributed by atoms with Gasteiger partial charge < -0.3 is 24.0 Å². The van der Waals surface area contributed by atoms with E-state index in [4.69, 9.17) is 25.8 Å². The number of likely N-dealkylation sites (N-methyl/N-ethyl adjacent to an activating group) is 1. The predicted molar refractivity (Wildman–Crippen MR) is 159 cm³/mol. The fraction of sp³-hybridized carbons (Fsp3) is 0.444. The molecule has 0 bridgehead atoms. The fourth-order valence-electron chi connectivity index (χ4n) is 4.48. The number of likely N-dealkylation sites (tertiary alicyclic amines) is 1. The summed E-state index contributed by atoms with van der Waals surface area (Å²) in [5.41, 5.74) is 0.693. The van der Waals surface area contributed by atoms with Crippen molar-refractivity contribution in [3.63, 3.8) is 0 Å². The number of benzene rings is 2. The third-order valence-electron chi connectivity index (χ3n) is 6.62. The molecule has 11 nitrogen and oxygen atoms in total. The van der Waals surface area contributed by atoms with Gasteiger partial charge >= 0.3 is 6.09 Å². The van der Waals surface area contributed by atoms with Crippen molar-refractivity contribution >= 4 is 50.1 Å². The molecule has 1 amide bonds. The summed E-state index contributed by atoms with van der Waals surface area (Å²) >= 11 is 7.64. The summed E-state index contributed by atoms with van der Waals surface area (Å²) in [6.45, 7) is 6.47. The number of carbonyl (C=O) groups is 1. The number of methoxy groups -OCH3 is 2. The average Bonchev–Trinajstić information content (AvgIpc) is 3.63. The van der Waals surface area contributed by atoms with Crippen LogP contribution in [0.25, 0.3) is 0 Å². The van der Waals surface area contributed by atoms with E-state index >= 15 is 0 Å². The first-order valence-corrected chi connectivity index (χ1v) is 15.4. The summed E-state index contributed by atoms with van der Waals surface area (Å²) < 4.78 is 49.3. The van der Waals surface area contributed by atoms with Crippen molar-refractivity contribution in [1.29, 1.82) is 0 Å². The van der Waals surface area contributed by atoms with Crippen LogP contribution in [0.1, 0.15) is 32.8 Å². The lowest BCUT2D eigenvalue weighted by Crippen LogP contribution is -2.39. The first-order chi connectivity index (χ1) is 19.3. The van der Waals surface area contributed by atoms with E-state index in [2.05, 4.69) is 9.36 Å². The lowest BCUT2D eigenvalue weighted by Gasteiger charge is -2.29. The number of sulfonamides is 1. The molecule has 4 rings (SSSR count). The number of amides is 1. The molecule has 0 saturated carbocycles. The van der Waals surface area contributed by atoms with Gasteiger partial charge in [0, 0.05) is 49.3 Å². The van der Waals surface area contributed by atoms with Crippen molar-refractivity contribution in [2.24, 2.45) is 0 Å². The quantitative estimate of drug-likeness (QED) is 0.323. The molecule has 1 saturated heterocycles.